The molecule has 6 heteroatoms. The number of esters is 1. The third-order valence-electron chi connectivity index (χ3n) is 4.86. The molecule has 0 spiro atoms. The summed E-state index contributed by atoms with van der Waals surface area (Å²) in [7, 11) is 0. The second kappa shape index (κ2) is 9.48. The van der Waals surface area contributed by atoms with Crippen LogP contribution in [0.25, 0.3) is 0 Å². The number of hydrogen-bond donors (Lipinski definition) is 1. The Hall–Kier alpha value is -2.21. The molecule has 0 aliphatic carbocycles. The predicted molar refractivity (Wildman–Crippen MR) is 99.7 cm³/mol. The average molecular weight is 359 g/mol. The molecule has 0 amide bonds. The molecule has 0 aliphatic heterocycles. The maximum absolute atomic E-state index is 12.3. The second-order valence-corrected chi connectivity index (χ2v) is 6.60. The van der Waals surface area contributed by atoms with Crippen LogP contribution in [-0.2, 0) is 29.1 Å². The molecular weight excluding hydrogens is 330 g/mol. The van der Waals surface area contributed by atoms with Crippen molar-refractivity contribution in [3.8, 4) is 0 Å². The van der Waals surface area contributed by atoms with Gasteiger partial charge in [-0.1, -0.05) is 30.3 Å². The molecule has 26 heavy (non-hydrogen) atoms. The summed E-state index contributed by atoms with van der Waals surface area (Å²) in [4.78, 5) is 12.3. The van der Waals surface area contributed by atoms with Gasteiger partial charge in [-0.05, 0) is 56.2 Å². The predicted octanol–water partition coefficient (Wildman–Crippen LogP) is 3.01. The van der Waals surface area contributed by atoms with Gasteiger partial charge < -0.3 is 9.84 Å². The summed E-state index contributed by atoms with van der Waals surface area (Å²) < 4.78 is 7.04. The van der Waals surface area contributed by atoms with Gasteiger partial charge in [-0.3, -0.25) is 9.48 Å². The highest BCUT2D eigenvalue weighted by atomic mass is 16.5. The summed E-state index contributed by atoms with van der Waals surface area (Å²) in [5, 5.41) is 17.9. The van der Waals surface area contributed by atoms with Crippen molar-refractivity contribution >= 4 is 5.97 Å². The minimum absolute atomic E-state index is 0.00766. The molecule has 1 heterocycles. The molecular formula is C20H29N3O3. The van der Waals surface area contributed by atoms with Gasteiger partial charge in [-0.15, -0.1) is 5.10 Å². The van der Waals surface area contributed by atoms with Crippen molar-refractivity contribution < 1.29 is 14.6 Å². The number of aryl methyl sites for hydroxylation is 3. The molecule has 0 saturated heterocycles. The molecule has 2 aromatic rings. The number of aliphatic hydroxyl groups excluding tert-OH is 1. The first-order valence-electron chi connectivity index (χ1n) is 9.26. The Bertz CT molecular complexity index is 727. The van der Waals surface area contributed by atoms with Crippen molar-refractivity contribution in [1.29, 1.82) is 0 Å². The molecule has 0 bridgehead atoms. The van der Waals surface area contributed by atoms with Gasteiger partial charge in [0.25, 0.3) is 0 Å². The van der Waals surface area contributed by atoms with Crippen LogP contribution in [-0.4, -0.2) is 32.7 Å². The van der Waals surface area contributed by atoms with Crippen molar-refractivity contribution in [2.75, 3.05) is 6.61 Å². The lowest BCUT2D eigenvalue weighted by Gasteiger charge is -2.24. The van der Waals surface area contributed by atoms with E-state index >= 15 is 0 Å². The molecule has 1 aromatic heterocycles. The zero-order chi connectivity index (χ0) is 19.1. The highest BCUT2D eigenvalue weighted by molar-refractivity contribution is 5.73. The maximum Gasteiger partial charge on any atom is 0.309 e. The molecule has 0 saturated carbocycles. The lowest BCUT2D eigenvalue weighted by Crippen LogP contribution is -2.23. The summed E-state index contributed by atoms with van der Waals surface area (Å²) in [6.07, 6.45) is 3.44. The fourth-order valence-electron chi connectivity index (χ4n) is 3.15. The van der Waals surface area contributed by atoms with Gasteiger partial charge in [0.15, 0.2) is 0 Å². The first-order chi connectivity index (χ1) is 12.5. The Labute approximate surface area is 155 Å². The van der Waals surface area contributed by atoms with Crippen molar-refractivity contribution in [3.63, 3.8) is 0 Å². The summed E-state index contributed by atoms with van der Waals surface area (Å²) in [5.74, 6) is -0.474. The van der Waals surface area contributed by atoms with Gasteiger partial charge in [0.2, 0.25) is 0 Å². The molecule has 6 nitrogen and oxygen atoms in total. The third kappa shape index (κ3) is 4.91. The Morgan fingerprint density at radius 1 is 1.35 bits per heavy atom. The second-order valence-electron chi connectivity index (χ2n) is 6.60. The van der Waals surface area contributed by atoms with Gasteiger partial charge in [-0.2, -0.15) is 0 Å². The Kier molecular flexibility index (Phi) is 7.33. The van der Waals surface area contributed by atoms with Gasteiger partial charge in [0.1, 0.15) is 0 Å². The smallest absolute Gasteiger partial charge is 0.309 e. The number of aliphatic hydroxyl groups is 1. The number of ether oxygens (including phenoxy) is 1. The standard InChI is InChI=1S/C20H29N3O3/c1-5-23-12-18(21-22-23)9-10-19(15(4)20(25)26-6-2)16-8-7-14(3)17(11-16)13-24/h7-8,11-12,15,19,24H,5-6,9-10,13H2,1-4H3. The fourth-order valence-corrected chi connectivity index (χ4v) is 3.15. The van der Waals surface area contributed by atoms with Crippen LogP contribution in [0, 0.1) is 12.8 Å². The number of aromatic nitrogens is 3. The molecule has 0 aliphatic rings. The van der Waals surface area contributed by atoms with Gasteiger partial charge in [0.05, 0.1) is 24.8 Å². The van der Waals surface area contributed by atoms with Crippen LogP contribution in [0.2, 0.25) is 0 Å². The Morgan fingerprint density at radius 2 is 2.12 bits per heavy atom. The molecule has 1 N–H and O–H groups in total. The lowest BCUT2D eigenvalue weighted by atomic mass is 9.82. The summed E-state index contributed by atoms with van der Waals surface area (Å²) in [6, 6.07) is 6.04. The molecule has 2 atom stereocenters. The van der Waals surface area contributed by atoms with E-state index in [2.05, 4.69) is 10.3 Å². The Morgan fingerprint density at radius 3 is 2.73 bits per heavy atom. The number of hydrogen-bond acceptors (Lipinski definition) is 5. The monoisotopic (exact) mass is 359 g/mol. The van der Waals surface area contributed by atoms with E-state index in [0.29, 0.717) is 6.61 Å². The first-order valence-corrected chi connectivity index (χ1v) is 9.26. The van der Waals surface area contributed by atoms with Crippen molar-refractivity contribution in [3.05, 3.63) is 46.8 Å². The van der Waals surface area contributed by atoms with Crippen LogP contribution >= 0.6 is 0 Å². The van der Waals surface area contributed by atoms with Crippen LogP contribution in [0.1, 0.15) is 55.5 Å². The van der Waals surface area contributed by atoms with E-state index in [9.17, 15) is 9.90 Å². The van der Waals surface area contributed by atoms with Crippen LogP contribution in [0.5, 0.6) is 0 Å². The zero-order valence-corrected chi connectivity index (χ0v) is 16.1. The number of carbonyl (C=O) groups excluding carboxylic acids is 1. The van der Waals surface area contributed by atoms with E-state index in [1.165, 1.54) is 0 Å². The molecule has 1 aromatic carbocycles. The van der Waals surface area contributed by atoms with E-state index in [1.54, 1.807) is 4.68 Å². The molecule has 2 rings (SSSR count). The van der Waals surface area contributed by atoms with Gasteiger partial charge >= 0.3 is 5.97 Å². The van der Waals surface area contributed by atoms with E-state index in [-0.39, 0.29) is 24.4 Å². The first kappa shape index (κ1) is 20.1. The van der Waals surface area contributed by atoms with Crippen LogP contribution in [0.15, 0.2) is 24.4 Å². The number of carbonyl (C=O) groups is 1. The topological polar surface area (TPSA) is 77.2 Å². The minimum Gasteiger partial charge on any atom is -0.466 e. The van der Waals surface area contributed by atoms with Crippen LogP contribution < -0.4 is 0 Å². The largest absolute Gasteiger partial charge is 0.466 e. The summed E-state index contributed by atoms with van der Waals surface area (Å²) in [5.41, 5.74) is 3.90. The van der Waals surface area contributed by atoms with Crippen LogP contribution in [0.3, 0.4) is 0 Å². The number of rotatable bonds is 9. The highest BCUT2D eigenvalue weighted by Gasteiger charge is 2.27. The lowest BCUT2D eigenvalue weighted by molar-refractivity contribution is -0.148. The normalized spacial score (nSPS) is 13.4. The number of nitrogens with zero attached hydrogens (tertiary/aromatic N) is 3. The molecule has 142 valence electrons. The van der Waals surface area contributed by atoms with Crippen molar-refractivity contribution in [2.24, 2.45) is 5.92 Å². The van der Waals surface area contributed by atoms with E-state index in [0.717, 1.165) is 41.8 Å². The van der Waals surface area contributed by atoms with Gasteiger partial charge in [0, 0.05) is 12.7 Å². The van der Waals surface area contributed by atoms with E-state index < -0.39 is 0 Å². The number of benzene rings is 1. The fraction of sp³-hybridized carbons (Fsp3) is 0.550. The maximum atomic E-state index is 12.3. The molecule has 0 fully saturated rings. The zero-order valence-electron chi connectivity index (χ0n) is 16.1. The quantitative estimate of drug-likeness (QED) is 0.697. The Balaban J connectivity index is 2.24. The average Bonchev–Trinajstić information content (AvgIpc) is 3.11. The van der Waals surface area contributed by atoms with E-state index in [1.807, 2.05) is 52.1 Å². The van der Waals surface area contributed by atoms with Crippen molar-refractivity contribution in [2.45, 2.75) is 59.6 Å². The van der Waals surface area contributed by atoms with Crippen LogP contribution in [0.4, 0.5) is 0 Å². The molecule has 0 radical (unpaired) electrons. The minimum atomic E-state index is -0.273. The SMILES string of the molecule is CCOC(=O)C(C)C(CCc1cn(CC)nn1)c1ccc(C)c(CO)c1. The highest BCUT2D eigenvalue weighted by Crippen LogP contribution is 2.31. The van der Waals surface area contributed by atoms with Crippen molar-refractivity contribution in [1.82, 2.24) is 15.0 Å². The molecule has 2 unspecified atom stereocenters. The summed E-state index contributed by atoms with van der Waals surface area (Å²) >= 11 is 0. The third-order valence-corrected chi connectivity index (χ3v) is 4.86. The van der Waals surface area contributed by atoms with Gasteiger partial charge in [-0.25, -0.2) is 0 Å². The van der Waals surface area contributed by atoms with E-state index in [4.69, 9.17) is 4.74 Å². The summed E-state index contributed by atoms with van der Waals surface area (Å²) in [6.45, 7) is 8.87.